The molecule has 3 amide bonds. The van der Waals surface area contributed by atoms with Crippen LogP contribution < -0.4 is 10.2 Å². The number of rotatable bonds is 4. The number of imide groups is 1. The summed E-state index contributed by atoms with van der Waals surface area (Å²) in [6.07, 6.45) is 0.413. The number of benzene rings is 2. The van der Waals surface area contributed by atoms with Crippen molar-refractivity contribution >= 4 is 46.6 Å². The van der Waals surface area contributed by atoms with Crippen LogP contribution in [0.25, 0.3) is 0 Å². The average Bonchev–Trinajstić information content (AvgIpc) is 3.13. The molecule has 0 aromatic heterocycles. The van der Waals surface area contributed by atoms with Crippen LogP contribution in [0.1, 0.15) is 34.3 Å². The topological polar surface area (TPSA) is 73.0 Å². The molecule has 10 heteroatoms. The summed E-state index contributed by atoms with van der Waals surface area (Å²) in [5.41, 5.74) is 2.29. The number of carbonyl (C=O) groups excluding carboxylic acids is 3. The Balaban J connectivity index is 1.26. The van der Waals surface area contributed by atoms with Crippen LogP contribution in [-0.4, -0.2) is 59.7 Å². The Morgan fingerprint density at radius 1 is 1.06 bits per heavy atom. The van der Waals surface area contributed by atoms with Gasteiger partial charge >= 0.3 is 0 Å². The van der Waals surface area contributed by atoms with E-state index in [0.29, 0.717) is 22.2 Å². The Morgan fingerprint density at radius 3 is 2.56 bits per heavy atom. The second-order valence-corrected chi connectivity index (χ2v) is 9.63. The molecule has 0 bridgehead atoms. The number of hydrogen-bond acceptors (Lipinski definition) is 5. The highest BCUT2D eigenvalue weighted by atomic mass is 35.5. The minimum Gasteiger partial charge on any atom is -0.368 e. The summed E-state index contributed by atoms with van der Waals surface area (Å²) >= 11 is 12.5. The lowest BCUT2D eigenvalue weighted by atomic mass is 10.0. The number of anilines is 1. The highest BCUT2D eigenvalue weighted by molar-refractivity contribution is 6.43. The summed E-state index contributed by atoms with van der Waals surface area (Å²) in [5.74, 6) is -1.93. The SMILES string of the molecule is O=C1CCC(N2Cc3cc(CN4CCN(c5cccc(Cl)c5Cl)CC4)cc(F)c3C2=O)C(=O)N1. The predicted octanol–water partition coefficient (Wildman–Crippen LogP) is 3.22. The van der Waals surface area contributed by atoms with Crippen molar-refractivity contribution < 1.29 is 18.8 Å². The Kier molecular flexibility index (Phi) is 6.22. The van der Waals surface area contributed by atoms with Gasteiger partial charge in [-0.15, -0.1) is 0 Å². The summed E-state index contributed by atoms with van der Waals surface area (Å²) in [5, 5.41) is 3.33. The molecule has 2 saturated heterocycles. The van der Waals surface area contributed by atoms with Crippen molar-refractivity contribution in [2.45, 2.75) is 32.0 Å². The van der Waals surface area contributed by atoms with E-state index in [1.54, 1.807) is 6.07 Å². The number of hydrogen-bond donors (Lipinski definition) is 1. The zero-order valence-electron chi connectivity index (χ0n) is 18.3. The number of piperidine rings is 1. The second-order valence-electron chi connectivity index (χ2n) is 8.85. The van der Waals surface area contributed by atoms with Gasteiger partial charge in [0.1, 0.15) is 11.9 Å². The Morgan fingerprint density at radius 2 is 1.82 bits per heavy atom. The van der Waals surface area contributed by atoms with Crippen molar-refractivity contribution in [1.29, 1.82) is 0 Å². The molecule has 2 aromatic rings. The summed E-state index contributed by atoms with van der Waals surface area (Å²) in [6, 6.07) is 8.09. The van der Waals surface area contributed by atoms with Crippen LogP contribution in [0.2, 0.25) is 10.0 Å². The van der Waals surface area contributed by atoms with E-state index >= 15 is 0 Å². The molecule has 3 aliphatic heterocycles. The average molecular weight is 505 g/mol. The Bertz CT molecular complexity index is 1180. The molecule has 2 aromatic carbocycles. The molecule has 3 aliphatic rings. The number of nitrogens with one attached hydrogen (secondary N) is 1. The first-order valence-corrected chi connectivity index (χ1v) is 11.9. The third kappa shape index (κ3) is 4.26. The molecule has 0 radical (unpaired) electrons. The van der Waals surface area contributed by atoms with Crippen LogP contribution in [0.15, 0.2) is 30.3 Å². The van der Waals surface area contributed by atoms with Gasteiger partial charge in [0, 0.05) is 45.7 Å². The molecule has 0 saturated carbocycles. The minimum absolute atomic E-state index is 0.0221. The zero-order chi connectivity index (χ0) is 24.0. The Hall–Kier alpha value is -2.68. The van der Waals surface area contributed by atoms with Crippen LogP contribution in [0, 0.1) is 5.82 Å². The normalized spacial score (nSPS) is 21.1. The molecule has 34 heavy (non-hydrogen) atoms. The van der Waals surface area contributed by atoms with Gasteiger partial charge in [-0.2, -0.15) is 0 Å². The van der Waals surface area contributed by atoms with Crippen molar-refractivity contribution in [2.24, 2.45) is 0 Å². The molecule has 0 aliphatic carbocycles. The van der Waals surface area contributed by atoms with E-state index in [1.165, 1.54) is 11.0 Å². The van der Waals surface area contributed by atoms with Crippen molar-refractivity contribution in [3.8, 4) is 0 Å². The molecule has 3 heterocycles. The molecule has 7 nitrogen and oxygen atoms in total. The van der Waals surface area contributed by atoms with Crippen LogP contribution in [0.5, 0.6) is 0 Å². The second kappa shape index (κ2) is 9.17. The predicted molar refractivity (Wildman–Crippen MR) is 126 cm³/mol. The van der Waals surface area contributed by atoms with Crippen LogP contribution in [0.4, 0.5) is 10.1 Å². The molecule has 1 N–H and O–H groups in total. The van der Waals surface area contributed by atoms with Crippen LogP contribution in [0.3, 0.4) is 0 Å². The first-order chi connectivity index (χ1) is 16.3. The third-order valence-corrected chi connectivity index (χ3v) is 7.49. The number of fused-ring (bicyclic) bond motifs is 1. The molecular weight excluding hydrogens is 482 g/mol. The van der Waals surface area contributed by atoms with Gasteiger partial charge in [0.2, 0.25) is 11.8 Å². The van der Waals surface area contributed by atoms with E-state index in [-0.39, 0.29) is 30.9 Å². The summed E-state index contributed by atoms with van der Waals surface area (Å²) in [6.45, 7) is 3.76. The lowest BCUT2D eigenvalue weighted by molar-refractivity contribution is -0.136. The molecule has 0 spiro atoms. The first kappa shape index (κ1) is 23.1. The van der Waals surface area contributed by atoms with E-state index in [0.717, 1.165) is 37.4 Å². The fourth-order valence-corrected chi connectivity index (χ4v) is 5.37. The van der Waals surface area contributed by atoms with Gasteiger partial charge in [0.15, 0.2) is 0 Å². The smallest absolute Gasteiger partial charge is 0.258 e. The summed E-state index contributed by atoms with van der Waals surface area (Å²) < 4.78 is 15.0. The maximum atomic E-state index is 15.0. The monoisotopic (exact) mass is 504 g/mol. The lowest BCUT2D eigenvalue weighted by Gasteiger charge is -2.36. The minimum atomic E-state index is -0.758. The standard InChI is InChI=1S/C24H23Cl2FN4O3/c25-16-2-1-3-18(22(16)26)30-8-6-29(7-9-30)12-14-10-15-13-31(24(34)21(15)17(27)11-14)19-4-5-20(32)28-23(19)33/h1-3,10-11,19H,4-9,12-13H2,(H,28,32,33). The molecule has 5 rings (SSSR count). The number of carbonyl (C=O) groups is 3. The molecule has 2 fully saturated rings. The number of piperazine rings is 1. The maximum absolute atomic E-state index is 15.0. The van der Waals surface area contributed by atoms with Gasteiger partial charge in [-0.3, -0.25) is 24.6 Å². The van der Waals surface area contributed by atoms with Gasteiger partial charge in [0.05, 0.1) is 21.3 Å². The van der Waals surface area contributed by atoms with E-state index < -0.39 is 23.7 Å². The first-order valence-electron chi connectivity index (χ1n) is 11.2. The number of amides is 3. The molecule has 178 valence electrons. The van der Waals surface area contributed by atoms with Crippen molar-refractivity contribution in [3.05, 3.63) is 62.9 Å². The fraction of sp³-hybridized carbons (Fsp3) is 0.375. The van der Waals surface area contributed by atoms with Gasteiger partial charge in [-0.05, 0) is 35.7 Å². The van der Waals surface area contributed by atoms with Crippen LogP contribution in [-0.2, 0) is 22.7 Å². The fourth-order valence-electron chi connectivity index (χ4n) is 4.95. The van der Waals surface area contributed by atoms with Crippen molar-refractivity contribution in [2.75, 3.05) is 31.1 Å². The Labute approximate surface area is 206 Å². The zero-order valence-corrected chi connectivity index (χ0v) is 19.8. The molecule has 1 atom stereocenters. The van der Waals surface area contributed by atoms with E-state index in [4.69, 9.17) is 23.2 Å². The van der Waals surface area contributed by atoms with E-state index in [1.807, 2.05) is 18.2 Å². The third-order valence-electron chi connectivity index (χ3n) is 6.68. The highest BCUT2D eigenvalue weighted by Gasteiger charge is 2.40. The van der Waals surface area contributed by atoms with Crippen molar-refractivity contribution in [1.82, 2.24) is 15.1 Å². The van der Waals surface area contributed by atoms with E-state index in [9.17, 15) is 18.8 Å². The lowest BCUT2D eigenvalue weighted by Crippen LogP contribution is -2.52. The summed E-state index contributed by atoms with van der Waals surface area (Å²) in [7, 11) is 0. The number of nitrogens with zero attached hydrogens (tertiary/aromatic N) is 3. The van der Waals surface area contributed by atoms with Gasteiger partial charge in [0.25, 0.3) is 5.91 Å². The molecule has 1 unspecified atom stereocenters. The van der Waals surface area contributed by atoms with E-state index in [2.05, 4.69) is 15.1 Å². The molecular formula is C24H23Cl2FN4O3. The van der Waals surface area contributed by atoms with Gasteiger partial charge in [-0.25, -0.2) is 4.39 Å². The number of halogens is 3. The van der Waals surface area contributed by atoms with Gasteiger partial charge in [-0.1, -0.05) is 35.3 Å². The van der Waals surface area contributed by atoms with Gasteiger partial charge < -0.3 is 9.80 Å². The summed E-state index contributed by atoms with van der Waals surface area (Å²) in [4.78, 5) is 42.3. The largest absolute Gasteiger partial charge is 0.368 e. The maximum Gasteiger partial charge on any atom is 0.258 e. The van der Waals surface area contributed by atoms with Crippen LogP contribution >= 0.6 is 23.2 Å². The quantitative estimate of drug-likeness (QED) is 0.647. The van der Waals surface area contributed by atoms with Crippen molar-refractivity contribution in [3.63, 3.8) is 0 Å². The highest BCUT2D eigenvalue weighted by Crippen LogP contribution is 2.34.